The zero-order valence-electron chi connectivity index (χ0n) is 26.4. The highest BCUT2D eigenvalue weighted by molar-refractivity contribution is 8.00. The van der Waals surface area contributed by atoms with Gasteiger partial charge in [0.05, 0.1) is 43.8 Å². The summed E-state index contributed by atoms with van der Waals surface area (Å²) in [4.78, 5) is 75.7. The lowest BCUT2D eigenvalue weighted by Crippen LogP contribution is -2.71. The molecule has 3 aliphatic rings. The van der Waals surface area contributed by atoms with Crippen LogP contribution in [0.2, 0.25) is 5.02 Å². The van der Waals surface area contributed by atoms with Crippen molar-refractivity contribution in [3.8, 4) is 11.5 Å². The monoisotopic (exact) mass is 738 g/mol. The number of nitrogen functional groups attached to an aromatic ring is 1. The number of benzene rings is 1. The third-order valence-electron chi connectivity index (χ3n) is 8.40. The van der Waals surface area contributed by atoms with Crippen LogP contribution in [0.1, 0.15) is 29.9 Å². The first-order chi connectivity index (χ1) is 22.9. The SMILES string of the molecule is CC(C)(O/N=C(\C(=O)N[C@@H]1C(=O)N2C(C(=O)O)=C(C[N+]3(C)CCN(C(=O)c4ccc(O)c(O)c4Cl)CC3)CS[C@H]12)c1csc(N)n1)C(=O)O. The Bertz CT molecular complexity index is 1800. The number of nitrogens with one attached hydrogen (secondary N) is 1. The summed E-state index contributed by atoms with van der Waals surface area (Å²) in [6, 6.07) is 1.39. The predicted molar refractivity (Wildman–Crippen MR) is 177 cm³/mol. The molecule has 4 heterocycles. The zero-order chi connectivity index (χ0) is 36.0. The molecule has 0 unspecified atom stereocenters. The van der Waals surface area contributed by atoms with E-state index in [4.69, 9.17) is 22.2 Å². The van der Waals surface area contributed by atoms with Gasteiger partial charge in [-0.05, 0) is 26.0 Å². The second-order valence-corrected chi connectivity index (χ2v) is 14.7. The van der Waals surface area contributed by atoms with Gasteiger partial charge in [0.2, 0.25) is 5.60 Å². The van der Waals surface area contributed by atoms with Crippen LogP contribution in [0, 0.1) is 0 Å². The number of anilines is 1. The van der Waals surface area contributed by atoms with Crippen LogP contribution in [0.3, 0.4) is 0 Å². The molecule has 20 heteroatoms. The highest BCUT2D eigenvalue weighted by Crippen LogP contribution is 2.41. The molecule has 0 spiro atoms. The molecule has 0 aliphatic carbocycles. The Hall–Kier alpha value is -4.59. The standard InChI is InChI=1S/C29H32ClN7O10S2/c1-29(2,27(45)46)47-34-18(15-12-49-28(31)32-15)22(40)33-19-24(42)36-20(26(43)44)13(11-48-25(19)36)10-37(3)8-6-35(7-9-37)23(41)14-4-5-16(38)21(39)17(14)30/h4-5,12,19,25H,6-11H2,1-3H3,(H6-,31,32,33,34,38,39,40,41,43,44,45,46)/p+1/t19-,25-/m1/s1. The fourth-order valence-corrected chi connectivity index (χ4v) is 7.60. The lowest BCUT2D eigenvalue weighted by atomic mass is 10.0. The van der Waals surface area contributed by atoms with Crippen LogP contribution in [-0.4, -0.2) is 138 Å². The molecule has 1 aromatic carbocycles. The minimum absolute atomic E-state index is 0.00223. The van der Waals surface area contributed by atoms with Gasteiger partial charge in [-0.2, -0.15) is 0 Å². The van der Waals surface area contributed by atoms with Crippen LogP contribution >= 0.6 is 34.7 Å². The van der Waals surface area contributed by atoms with E-state index < -0.39 is 63.9 Å². The zero-order valence-corrected chi connectivity index (χ0v) is 28.8. The number of carboxylic acids is 2. The van der Waals surface area contributed by atoms with E-state index in [9.17, 15) is 44.4 Å². The summed E-state index contributed by atoms with van der Waals surface area (Å²) in [6.45, 7) is 4.26. The van der Waals surface area contributed by atoms with Gasteiger partial charge in [-0.25, -0.2) is 14.6 Å². The number of phenolic OH excluding ortho intramolecular Hbond substituents is 2. The number of β-lactam (4-membered cyclic amide) rings is 1. The van der Waals surface area contributed by atoms with Gasteiger partial charge >= 0.3 is 11.9 Å². The van der Waals surface area contributed by atoms with E-state index in [1.165, 1.54) is 43.1 Å². The van der Waals surface area contributed by atoms with Crippen molar-refractivity contribution in [2.24, 2.45) is 5.16 Å². The van der Waals surface area contributed by atoms with Crippen LogP contribution in [0.5, 0.6) is 11.5 Å². The van der Waals surface area contributed by atoms with Crippen molar-refractivity contribution in [2.75, 3.05) is 51.3 Å². The molecule has 0 saturated carbocycles. The Labute approximate surface area is 292 Å². The number of carbonyl (C=O) groups excluding carboxylic acids is 3. The van der Waals surface area contributed by atoms with Crippen molar-refractivity contribution in [1.82, 2.24) is 20.1 Å². The maximum atomic E-state index is 13.4. The number of nitrogens with two attached hydrogens (primary N) is 1. The smallest absolute Gasteiger partial charge is 0.352 e. The highest BCUT2D eigenvalue weighted by Gasteiger charge is 2.55. The average molecular weight is 739 g/mol. The van der Waals surface area contributed by atoms with Crippen molar-refractivity contribution in [3.63, 3.8) is 0 Å². The Morgan fingerprint density at radius 2 is 1.88 bits per heavy atom. The van der Waals surface area contributed by atoms with E-state index in [0.29, 0.717) is 36.2 Å². The third-order valence-corrected chi connectivity index (χ3v) is 10.8. The number of carboxylic acid groups (broad SMARTS) is 2. The van der Waals surface area contributed by atoms with Gasteiger partial charge in [0, 0.05) is 16.7 Å². The summed E-state index contributed by atoms with van der Waals surface area (Å²) >= 11 is 8.37. The molecule has 2 fully saturated rings. The van der Waals surface area contributed by atoms with Gasteiger partial charge < -0.3 is 45.7 Å². The number of phenols is 2. The highest BCUT2D eigenvalue weighted by atomic mass is 35.5. The van der Waals surface area contributed by atoms with Crippen molar-refractivity contribution < 1.29 is 53.7 Å². The Balaban J connectivity index is 1.28. The number of halogens is 1. The maximum Gasteiger partial charge on any atom is 0.352 e. The molecule has 7 N–H and O–H groups in total. The molecule has 2 atom stereocenters. The Morgan fingerprint density at radius 1 is 1.20 bits per heavy atom. The first-order valence-corrected chi connectivity index (χ1v) is 17.0. The van der Waals surface area contributed by atoms with Gasteiger partial charge in [0.25, 0.3) is 17.7 Å². The van der Waals surface area contributed by atoms with Gasteiger partial charge in [-0.15, -0.1) is 23.1 Å². The molecule has 49 heavy (non-hydrogen) atoms. The number of oxime groups is 1. The number of hydrogen-bond acceptors (Lipinski definition) is 13. The molecule has 0 radical (unpaired) electrons. The molecular weight excluding hydrogens is 706 g/mol. The average Bonchev–Trinajstić information content (AvgIpc) is 3.47. The number of aromatic hydroxyl groups is 2. The largest absolute Gasteiger partial charge is 0.504 e. The minimum atomic E-state index is -1.79. The quantitative estimate of drug-likeness (QED) is 0.0648. The second-order valence-electron chi connectivity index (χ2n) is 12.3. The Kier molecular flexibility index (Phi) is 9.75. The summed E-state index contributed by atoms with van der Waals surface area (Å²) in [6.07, 6.45) is 0. The summed E-state index contributed by atoms with van der Waals surface area (Å²) in [7, 11) is 1.92. The molecule has 1 aromatic heterocycles. The number of quaternary nitrogens is 1. The number of hydrogen-bond donors (Lipinski definition) is 6. The van der Waals surface area contributed by atoms with Gasteiger partial charge in [-0.1, -0.05) is 16.8 Å². The molecule has 17 nitrogen and oxygen atoms in total. The van der Waals surface area contributed by atoms with Crippen LogP contribution in [0.4, 0.5) is 5.13 Å². The summed E-state index contributed by atoms with van der Waals surface area (Å²) in [5.41, 5.74) is 3.89. The van der Waals surface area contributed by atoms with Crippen LogP contribution in [-0.2, 0) is 24.0 Å². The normalized spacial score (nSPS) is 20.7. The molecule has 3 aliphatic heterocycles. The second kappa shape index (κ2) is 13.4. The number of aliphatic carboxylic acids is 2. The van der Waals surface area contributed by atoms with E-state index in [2.05, 4.69) is 15.5 Å². The summed E-state index contributed by atoms with van der Waals surface area (Å²) in [5.74, 6) is -5.39. The first-order valence-electron chi connectivity index (χ1n) is 14.7. The van der Waals surface area contributed by atoms with Crippen LogP contribution in [0.25, 0.3) is 0 Å². The van der Waals surface area contributed by atoms with Crippen molar-refractivity contribution in [2.45, 2.75) is 30.9 Å². The number of nitrogens with zero attached hydrogens (tertiary/aromatic N) is 5. The summed E-state index contributed by atoms with van der Waals surface area (Å²) in [5, 5.41) is 46.0. The molecule has 262 valence electrons. The van der Waals surface area contributed by atoms with E-state index in [-0.39, 0.29) is 39.4 Å². The van der Waals surface area contributed by atoms with Crippen molar-refractivity contribution in [3.05, 3.63) is 45.1 Å². The number of thiazole rings is 1. The maximum absolute atomic E-state index is 13.4. The van der Waals surface area contributed by atoms with Gasteiger partial charge in [-0.3, -0.25) is 19.3 Å². The molecule has 0 bridgehead atoms. The molecular formula is C29H33ClN7O10S2+. The topological polar surface area (TPSA) is 245 Å². The fraction of sp³-hybridized carbons (Fsp3) is 0.414. The summed E-state index contributed by atoms with van der Waals surface area (Å²) < 4.78 is 0.376. The number of rotatable bonds is 10. The first kappa shape index (κ1) is 35.7. The van der Waals surface area contributed by atoms with Gasteiger partial charge in [0.1, 0.15) is 29.4 Å². The molecule has 2 saturated heterocycles. The third kappa shape index (κ3) is 6.96. The van der Waals surface area contributed by atoms with Crippen molar-refractivity contribution >= 4 is 75.2 Å². The molecule has 2 aromatic rings. The lowest BCUT2D eigenvalue weighted by Gasteiger charge is -2.50. The number of thioether (sulfide) groups is 1. The molecule has 5 rings (SSSR count). The number of carbonyl (C=O) groups is 5. The number of piperazine rings is 1. The number of aromatic nitrogens is 1. The van der Waals surface area contributed by atoms with Crippen molar-refractivity contribution in [1.29, 1.82) is 0 Å². The number of likely N-dealkylation sites (N-methyl/N-ethyl adjacent to an activating group) is 1. The lowest BCUT2D eigenvalue weighted by molar-refractivity contribution is -0.908. The van der Waals surface area contributed by atoms with Crippen LogP contribution < -0.4 is 11.1 Å². The van der Waals surface area contributed by atoms with E-state index in [1.807, 2.05) is 7.05 Å². The number of fused-ring (bicyclic) bond motifs is 1. The van der Waals surface area contributed by atoms with Gasteiger partial charge in [0.15, 0.2) is 22.3 Å². The minimum Gasteiger partial charge on any atom is -0.504 e. The number of amides is 3. The van der Waals surface area contributed by atoms with Crippen LogP contribution in [0.15, 0.2) is 33.9 Å². The fourth-order valence-electron chi connectivity index (χ4n) is 5.47. The molecule has 3 amide bonds. The van der Waals surface area contributed by atoms with E-state index in [1.54, 1.807) is 4.90 Å². The van der Waals surface area contributed by atoms with E-state index in [0.717, 1.165) is 16.2 Å². The Morgan fingerprint density at radius 3 is 2.47 bits per heavy atom. The van der Waals surface area contributed by atoms with E-state index >= 15 is 0 Å². The predicted octanol–water partition coefficient (Wildman–Crippen LogP) is 0.715.